The monoisotopic (exact) mass is 749 g/mol. The molecule has 2 aliphatic carbocycles. The molecule has 0 nitrogen and oxygen atoms in total. The Morgan fingerprint density at radius 3 is 0.826 bits per heavy atom. The minimum absolute atomic E-state index is 0. The Hall–Kier alpha value is -1.74. The summed E-state index contributed by atoms with van der Waals surface area (Å²) in [7, 11) is 3.96. The van der Waals surface area contributed by atoms with Crippen LogP contribution in [0.1, 0.15) is 56.9 Å². The standard InChI is InChI=1S/2C17H19P.C7H8.ClH.Fe.Ni/c2*1-3-9-15(10-4-1)18(17-13-7-8-14-17)16-11-5-2-6-12-16;1-7-5-3-2-4-6-7;;;/h2*1-6,9-12,17H,7-8,13-14H2;2-6H,1H3;1H;;/q;;;;;+1/p-1. The van der Waals surface area contributed by atoms with E-state index in [2.05, 4.69) is 165 Å². The fourth-order valence-electron chi connectivity index (χ4n) is 6.36. The summed E-state index contributed by atoms with van der Waals surface area (Å²) in [4.78, 5) is 0. The minimum atomic E-state index is -0.152. The number of rotatable bonds is 6. The molecule has 46 heavy (non-hydrogen) atoms. The van der Waals surface area contributed by atoms with Crippen molar-refractivity contribution in [3.05, 3.63) is 157 Å². The largest absolute Gasteiger partial charge is 0.0622 e. The molecule has 2 saturated carbocycles. The summed E-state index contributed by atoms with van der Waals surface area (Å²) in [6.45, 7) is 2.08. The van der Waals surface area contributed by atoms with Crippen molar-refractivity contribution in [1.29, 1.82) is 0 Å². The van der Waals surface area contributed by atoms with Crippen LogP contribution >= 0.6 is 26.0 Å². The van der Waals surface area contributed by atoms with Gasteiger partial charge in [-0.1, -0.05) is 183 Å². The average molecular weight is 751 g/mol. The van der Waals surface area contributed by atoms with Gasteiger partial charge in [0.15, 0.2) is 0 Å². The van der Waals surface area contributed by atoms with Crippen LogP contribution in [0, 0.1) is 6.92 Å². The number of hydrogen-bond donors (Lipinski definition) is 0. The molecule has 0 aliphatic heterocycles. The van der Waals surface area contributed by atoms with Crippen molar-refractivity contribution in [2.45, 2.75) is 69.6 Å². The molecule has 0 unspecified atom stereocenters. The van der Waals surface area contributed by atoms with Crippen molar-refractivity contribution in [1.82, 2.24) is 0 Å². The van der Waals surface area contributed by atoms with Gasteiger partial charge in [0.2, 0.25) is 0 Å². The maximum Gasteiger partial charge on any atom is 0 e. The zero-order valence-corrected chi connectivity index (χ0v) is 31.3. The van der Waals surface area contributed by atoms with Gasteiger partial charge in [-0.3, -0.25) is 0 Å². The second-order valence-electron chi connectivity index (χ2n) is 11.6. The first-order chi connectivity index (χ1) is 22.3. The van der Waals surface area contributed by atoms with Gasteiger partial charge in [-0.15, -0.1) is 0 Å². The maximum atomic E-state index is 4.26. The summed E-state index contributed by atoms with van der Waals surface area (Å²) in [5.74, 6) is 0. The van der Waals surface area contributed by atoms with Gasteiger partial charge in [0.25, 0.3) is 0 Å². The van der Waals surface area contributed by atoms with Gasteiger partial charge < -0.3 is 0 Å². The Kier molecular flexibility index (Phi) is 19.2. The Morgan fingerprint density at radius 2 is 0.630 bits per heavy atom. The van der Waals surface area contributed by atoms with Gasteiger partial charge in [0.1, 0.15) is 0 Å². The van der Waals surface area contributed by atoms with Crippen LogP contribution in [-0.2, 0) is 31.6 Å². The quantitative estimate of drug-likeness (QED) is 0.120. The third kappa shape index (κ3) is 12.4. The molecule has 0 atom stereocenters. The van der Waals surface area contributed by atoms with Gasteiger partial charge >= 0.3 is 24.8 Å². The first kappa shape index (κ1) is 38.7. The van der Waals surface area contributed by atoms with E-state index < -0.39 is 0 Å². The SMILES string of the molecule is Cc1ccccc1.[Cl][Ni].[Fe].c1ccc(P(c2ccccc2)C2CCCC2)cc1.c1ccc(P(c2ccccc2)C2CCCC2)cc1. The molecule has 245 valence electrons. The van der Waals surface area contributed by atoms with E-state index in [1.54, 1.807) is 21.2 Å². The third-order valence-electron chi connectivity index (χ3n) is 8.46. The fraction of sp³-hybridized carbons (Fsp3) is 0.268. The van der Waals surface area contributed by atoms with Crippen molar-refractivity contribution < 1.29 is 31.6 Å². The summed E-state index contributed by atoms with van der Waals surface area (Å²) >= 11 is 3.35. The van der Waals surface area contributed by atoms with Crippen LogP contribution < -0.4 is 21.2 Å². The molecule has 0 heterocycles. The van der Waals surface area contributed by atoms with E-state index in [0.717, 1.165) is 11.3 Å². The summed E-state index contributed by atoms with van der Waals surface area (Å²) in [6, 6.07) is 54.7. The second kappa shape index (κ2) is 22.8. The molecule has 0 saturated heterocycles. The Balaban J connectivity index is 0.000000196. The maximum absolute atomic E-state index is 4.26. The van der Waals surface area contributed by atoms with Crippen LogP contribution in [0.25, 0.3) is 0 Å². The normalized spacial score (nSPS) is 14.2. The second-order valence-corrected chi connectivity index (χ2v) is 16.6. The molecule has 0 bridgehead atoms. The van der Waals surface area contributed by atoms with Gasteiger partial charge in [-0.05, 0) is 81.0 Å². The molecular formula is C41H46ClFeNiP2. The molecule has 0 amide bonds. The Morgan fingerprint density at radius 1 is 0.413 bits per heavy atom. The van der Waals surface area contributed by atoms with Crippen LogP contribution in [0.15, 0.2) is 152 Å². The van der Waals surface area contributed by atoms with E-state index in [-0.39, 0.29) is 32.9 Å². The van der Waals surface area contributed by atoms with Gasteiger partial charge in [-0.25, -0.2) is 0 Å². The summed E-state index contributed by atoms with van der Waals surface area (Å²) in [6.07, 6.45) is 11.3. The molecule has 2 aliphatic rings. The summed E-state index contributed by atoms with van der Waals surface area (Å²) < 4.78 is 0. The third-order valence-corrected chi connectivity index (χ3v) is 14.4. The molecule has 2 fully saturated rings. The first-order valence-electron chi connectivity index (χ1n) is 16.2. The molecule has 0 N–H and O–H groups in total. The molecule has 0 radical (unpaired) electrons. The molecule has 7 rings (SSSR count). The minimum Gasteiger partial charge on any atom is -0.0622 e. The van der Waals surface area contributed by atoms with E-state index in [9.17, 15) is 0 Å². The van der Waals surface area contributed by atoms with E-state index >= 15 is 0 Å². The zero-order chi connectivity index (χ0) is 31.5. The summed E-state index contributed by atoms with van der Waals surface area (Å²) in [5.41, 5.74) is 3.11. The van der Waals surface area contributed by atoms with Gasteiger partial charge in [0, 0.05) is 17.1 Å². The number of hydrogen-bond acceptors (Lipinski definition) is 0. The van der Waals surface area contributed by atoms with Crippen molar-refractivity contribution in [2.75, 3.05) is 0 Å². The molecule has 5 heteroatoms. The Labute approximate surface area is 303 Å². The van der Waals surface area contributed by atoms with E-state index in [1.807, 2.05) is 18.2 Å². The van der Waals surface area contributed by atoms with E-state index in [0.29, 0.717) is 0 Å². The fourth-order valence-corrected chi connectivity index (χ4v) is 12.4. The van der Waals surface area contributed by atoms with E-state index in [1.165, 1.54) is 56.9 Å². The van der Waals surface area contributed by atoms with Crippen LogP contribution in [0.5, 0.6) is 0 Å². The van der Waals surface area contributed by atoms with Gasteiger partial charge in [0.05, 0.1) is 0 Å². The van der Waals surface area contributed by atoms with Crippen molar-refractivity contribution in [3.63, 3.8) is 0 Å². The van der Waals surface area contributed by atoms with Crippen LogP contribution in [0.2, 0.25) is 0 Å². The van der Waals surface area contributed by atoms with Crippen molar-refractivity contribution >= 4 is 47.3 Å². The van der Waals surface area contributed by atoms with E-state index in [4.69, 9.17) is 0 Å². The Bertz CT molecular complexity index is 1260. The predicted molar refractivity (Wildman–Crippen MR) is 200 cm³/mol. The van der Waals surface area contributed by atoms with Crippen LogP contribution in [-0.4, -0.2) is 11.3 Å². The van der Waals surface area contributed by atoms with Crippen molar-refractivity contribution in [3.8, 4) is 0 Å². The molecular weight excluding hydrogens is 704 g/mol. The smallest absolute Gasteiger partial charge is 0 e. The molecule has 0 spiro atoms. The van der Waals surface area contributed by atoms with Crippen molar-refractivity contribution in [2.24, 2.45) is 0 Å². The summed E-state index contributed by atoms with van der Waals surface area (Å²) in [5, 5.41) is 6.19. The predicted octanol–water partition coefficient (Wildman–Crippen LogP) is 10.8. The topological polar surface area (TPSA) is 0 Å². The molecule has 0 aromatic heterocycles. The average Bonchev–Trinajstić information content (AvgIpc) is 3.85. The first-order valence-corrected chi connectivity index (χ1v) is 20.4. The number of aryl methyl sites for hydroxylation is 1. The molecule has 5 aromatic carbocycles. The number of benzene rings is 5. The van der Waals surface area contributed by atoms with Crippen LogP contribution in [0.4, 0.5) is 0 Å². The van der Waals surface area contributed by atoms with Crippen LogP contribution in [0.3, 0.4) is 0 Å². The van der Waals surface area contributed by atoms with Gasteiger partial charge in [-0.2, -0.15) is 0 Å². The molecule has 5 aromatic rings. The zero-order valence-electron chi connectivity index (χ0n) is 26.7. The number of halogens is 1.